The number of amides is 1. The van der Waals surface area contributed by atoms with Crippen LogP contribution in [-0.4, -0.2) is 65.7 Å². The summed E-state index contributed by atoms with van der Waals surface area (Å²) in [7, 11) is 0. The number of nitrogens with two attached hydrogens (primary N) is 1. The molecule has 0 aromatic carbocycles. The number of ether oxygens (including phenoxy) is 1. The van der Waals surface area contributed by atoms with Crippen molar-refractivity contribution in [3.63, 3.8) is 0 Å². The number of aryl methyl sites for hydroxylation is 1. The summed E-state index contributed by atoms with van der Waals surface area (Å²) in [6.07, 6.45) is 3.70. The van der Waals surface area contributed by atoms with E-state index in [0.29, 0.717) is 0 Å². The summed E-state index contributed by atoms with van der Waals surface area (Å²) in [4.78, 5) is 26.1. The van der Waals surface area contributed by atoms with Crippen LogP contribution in [0, 0.1) is 6.92 Å². The molecule has 2 aliphatic heterocycles. The molecule has 2 saturated heterocycles. The van der Waals surface area contributed by atoms with Gasteiger partial charge >= 0.3 is 0 Å². The van der Waals surface area contributed by atoms with Gasteiger partial charge in [-0.05, 0) is 32.6 Å². The molecule has 0 bridgehead atoms. The third-order valence-electron chi connectivity index (χ3n) is 5.52. The fourth-order valence-electron chi connectivity index (χ4n) is 3.80. The highest BCUT2D eigenvalue weighted by atomic mass is 16.5. The lowest BCUT2D eigenvalue weighted by Crippen LogP contribution is -2.49. The van der Waals surface area contributed by atoms with Gasteiger partial charge in [-0.15, -0.1) is 0 Å². The van der Waals surface area contributed by atoms with E-state index in [2.05, 4.69) is 20.9 Å². The molecule has 1 aromatic rings. The maximum Gasteiger partial charge on any atom is 0.242 e. The normalized spacial score (nSPS) is 25.8. The molecule has 1 aromatic heterocycles. The topological polar surface area (TPSA) is 84.6 Å². The lowest BCUT2D eigenvalue weighted by atomic mass is 9.93. The molecule has 1 amide bonds. The summed E-state index contributed by atoms with van der Waals surface area (Å²) in [5.74, 6) is 2.16. The average Bonchev–Trinajstić information content (AvgIpc) is 3.40. The number of aromatic nitrogens is 2. The van der Waals surface area contributed by atoms with E-state index in [4.69, 9.17) is 10.5 Å². The van der Waals surface area contributed by atoms with E-state index in [0.717, 1.165) is 82.4 Å². The van der Waals surface area contributed by atoms with Crippen molar-refractivity contribution in [3.05, 3.63) is 17.6 Å². The summed E-state index contributed by atoms with van der Waals surface area (Å²) in [6.45, 7) is 6.68. The summed E-state index contributed by atoms with van der Waals surface area (Å²) >= 11 is 0. The van der Waals surface area contributed by atoms with Crippen LogP contribution in [0.2, 0.25) is 0 Å². The first-order valence-electron chi connectivity index (χ1n) is 9.32. The molecule has 2 N–H and O–H groups in total. The lowest BCUT2D eigenvalue weighted by molar-refractivity contribution is -0.134. The second-order valence-corrected chi connectivity index (χ2v) is 7.54. The zero-order valence-corrected chi connectivity index (χ0v) is 14.9. The first-order valence-corrected chi connectivity index (χ1v) is 9.32. The Morgan fingerprint density at radius 3 is 2.76 bits per heavy atom. The number of piperidine rings is 1. The molecule has 3 fully saturated rings. The molecule has 0 spiro atoms. The molecule has 136 valence electrons. The average molecular weight is 345 g/mol. The van der Waals surface area contributed by atoms with Gasteiger partial charge in [0.2, 0.25) is 5.91 Å². The van der Waals surface area contributed by atoms with Crippen LogP contribution in [0.15, 0.2) is 6.07 Å². The SMILES string of the molecule is Cc1nc([C@@H]2CCCN(C(=O)C3(N)CC3)C2)cc(N2CCOCC2)n1. The number of anilines is 1. The van der Waals surface area contributed by atoms with Crippen molar-refractivity contribution in [2.45, 2.75) is 44.1 Å². The third-order valence-corrected chi connectivity index (χ3v) is 5.52. The number of carbonyl (C=O) groups excluding carboxylic acids is 1. The van der Waals surface area contributed by atoms with Gasteiger partial charge < -0.3 is 20.3 Å². The summed E-state index contributed by atoms with van der Waals surface area (Å²) < 4.78 is 5.44. The molecule has 3 aliphatic rings. The number of likely N-dealkylation sites (tertiary alicyclic amines) is 1. The number of morpholine rings is 1. The number of rotatable bonds is 3. The fraction of sp³-hybridized carbons (Fsp3) is 0.722. The van der Waals surface area contributed by atoms with Crippen molar-refractivity contribution in [2.24, 2.45) is 5.73 Å². The third kappa shape index (κ3) is 3.48. The Balaban J connectivity index is 1.52. The second kappa shape index (κ2) is 6.53. The van der Waals surface area contributed by atoms with Gasteiger partial charge in [0.15, 0.2) is 0 Å². The quantitative estimate of drug-likeness (QED) is 0.873. The Labute approximate surface area is 148 Å². The molecule has 1 aliphatic carbocycles. The zero-order chi connectivity index (χ0) is 17.4. The van der Waals surface area contributed by atoms with Gasteiger partial charge in [-0.3, -0.25) is 4.79 Å². The molecule has 3 heterocycles. The number of hydrogen-bond donors (Lipinski definition) is 1. The number of nitrogens with zero attached hydrogens (tertiary/aromatic N) is 4. The van der Waals surface area contributed by atoms with Crippen molar-refractivity contribution in [1.29, 1.82) is 0 Å². The van der Waals surface area contributed by atoms with Crippen molar-refractivity contribution >= 4 is 11.7 Å². The lowest BCUT2D eigenvalue weighted by Gasteiger charge is -2.35. The first kappa shape index (κ1) is 16.7. The standard InChI is InChI=1S/C18H27N5O2/c1-13-20-15(11-16(21-13)22-7-9-25-10-8-22)14-3-2-6-23(12-14)17(24)18(19)4-5-18/h11,14H,2-10,12,19H2,1H3/t14-/m1/s1. The van der Waals surface area contributed by atoms with Gasteiger partial charge in [0.25, 0.3) is 0 Å². The largest absolute Gasteiger partial charge is 0.378 e. The van der Waals surface area contributed by atoms with E-state index in [9.17, 15) is 4.79 Å². The maximum absolute atomic E-state index is 12.6. The van der Waals surface area contributed by atoms with E-state index in [1.54, 1.807) is 0 Å². The molecular weight excluding hydrogens is 318 g/mol. The smallest absolute Gasteiger partial charge is 0.242 e. The number of carbonyl (C=O) groups is 1. The molecule has 1 atom stereocenters. The van der Waals surface area contributed by atoms with Crippen molar-refractivity contribution in [1.82, 2.24) is 14.9 Å². The van der Waals surface area contributed by atoms with Crippen molar-refractivity contribution in [2.75, 3.05) is 44.3 Å². The molecule has 0 unspecified atom stereocenters. The van der Waals surface area contributed by atoms with Crippen LogP contribution >= 0.6 is 0 Å². The number of hydrogen-bond acceptors (Lipinski definition) is 6. The van der Waals surface area contributed by atoms with Crippen LogP contribution in [-0.2, 0) is 9.53 Å². The van der Waals surface area contributed by atoms with Crippen LogP contribution in [0.25, 0.3) is 0 Å². The van der Waals surface area contributed by atoms with Gasteiger partial charge in [-0.25, -0.2) is 9.97 Å². The van der Waals surface area contributed by atoms with E-state index >= 15 is 0 Å². The van der Waals surface area contributed by atoms with Gasteiger partial charge in [-0.1, -0.05) is 0 Å². The van der Waals surface area contributed by atoms with Crippen molar-refractivity contribution in [3.8, 4) is 0 Å². The Morgan fingerprint density at radius 1 is 1.28 bits per heavy atom. The minimum Gasteiger partial charge on any atom is -0.378 e. The van der Waals surface area contributed by atoms with Gasteiger partial charge in [0.05, 0.1) is 24.4 Å². The first-order chi connectivity index (χ1) is 12.0. The van der Waals surface area contributed by atoms with E-state index in [1.165, 1.54) is 0 Å². The minimum atomic E-state index is -0.581. The minimum absolute atomic E-state index is 0.122. The van der Waals surface area contributed by atoms with Gasteiger partial charge in [-0.2, -0.15) is 0 Å². The van der Waals surface area contributed by atoms with E-state index < -0.39 is 5.54 Å². The Kier molecular flexibility index (Phi) is 4.37. The Bertz CT molecular complexity index is 655. The highest BCUT2D eigenvalue weighted by Crippen LogP contribution is 2.36. The fourth-order valence-corrected chi connectivity index (χ4v) is 3.80. The van der Waals surface area contributed by atoms with Crippen LogP contribution in [0.4, 0.5) is 5.82 Å². The maximum atomic E-state index is 12.6. The molecular formula is C18H27N5O2. The van der Waals surface area contributed by atoms with Crippen LogP contribution < -0.4 is 10.6 Å². The molecule has 0 radical (unpaired) electrons. The molecule has 7 heteroatoms. The Morgan fingerprint density at radius 2 is 2.04 bits per heavy atom. The summed E-state index contributed by atoms with van der Waals surface area (Å²) in [6, 6.07) is 2.10. The molecule has 1 saturated carbocycles. The van der Waals surface area contributed by atoms with E-state index in [-0.39, 0.29) is 11.8 Å². The highest BCUT2D eigenvalue weighted by molar-refractivity contribution is 5.89. The highest BCUT2D eigenvalue weighted by Gasteiger charge is 2.48. The van der Waals surface area contributed by atoms with Gasteiger partial charge in [0, 0.05) is 38.2 Å². The molecule has 25 heavy (non-hydrogen) atoms. The van der Waals surface area contributed by atoms with Crippen molar-refractivity contribution < 1.29 is 9.53 Å². The van der Waals surface area contributed by atoms with Crippen LogP contribution in [0.1, 0.15) is 43.1 Å². The molecule has 7 nitrogen and oxygen atoms in total. The predicted molar refractivity (Wildman–Crippen MR) is 94.5 cm³/mol. The second-order valence-electron chi connectivity index (χ2n) is 7.54. The van der Waals surface area contributed by atoms with Gasteiger partial charge in [0.1, 0.15) is 11.6 Å². The zero-order valence-electron chi connectivity index (χ0n) is 14.9. The summed E-state index contributed by atoms with van der Waals surface area (Å²) in [5, 5.41) is 0. The van der Waals surface area contributed by atoms with E-state index in [1.807, 2.05) is 11.8 Å². The predicted octanol–water partition coefficient (Wildman–Crippen LogP) is 0.819. The molecule has 4 rings (SSSR count). The monoisotopic (exact) mass is 345 g/mol. The van der Waals surface area contributed by atoms with Crippen LogP contribution in [0.3, 0.4) is 0 Å². The Hall–Kier alpha value is -1.73. The van der Waals surface area contributed by atoms with Crippen LogP contribution in [0.5, 0.6) is 0 Å². The summed E-state index contributed by atoms with van der Waals surface area (Å²) in [5.41, 5.74) is 6.58.